The van der Waals surface area contributed by atoms with Crippen LogP contribution in [0.15, 0.2) is 46.9 Å². The molecule has 2 amide bonds. The molecule has 3 aromatic rings. The highest BCUT2D eigenvalue weighted by Gasteiger charge is 2.29. The molecule has 1 aliphatic rings. The molecule has 6 nitrogen and oxygen atoms in total. The van der Waals surface area contributed by atoms with Crippen LogP contribution in [-0.4, -0.2) is 34.8 Å². The van der Waals surface area contributed by atoms with Crippen LogP contribution >= 0.6 is 0 Å². The molecule has 2 aromatic carbocycles. The van der Waals surface area contributed by atoms with E-state index in [1.807, 2.05) is 20.8 Å². The topological polar surface area (TPSA) is 75.4 Å². The fourth-order valence-electron chi connectivity index (χ4n) is 3.72. The lowest BCUT2D eigenvalue weighted by Gasteiger charge is -2.32. The van der Waals surface area contributed by atoms with Crippen LogP contribution in [0.1, 0.15) is 49.9 Å². The Morgan fingerprint density at radius 3 is 2.61 bits per heavy atom. The smallest absolute Gasteiger partial charge is 0.253 e. The van der Waals surface area contributed by atoms with Crippen molar-refractivity contribution in [1.82, 2.24) is 9.88 Å². The molecule has 1 atom stereocenters. The SMILES string of the molecule is CC(C)(C)c1nc2cc(NC(=O)C3CCCN(C(=O)c4ccc(F)cc4)C3)ccc2o1. The predicted octanol–water partition coefficient (Wildman–Crippen LogP) is 4.76. The Morgan fingerprint density at radius 2 is 1.90 bits per heavy atom. The van der Waals surface area contributed by atoms with Gasteiger partial charge in [-0.25, -0.2) is 9.37 Å². The van der Waals surface area contributed by atoms with Gasteiger partial charge in [-0.3, -0.25) is 9.59 Å². The van der Waals surface area contributed by atoms with Crippen molar-refractivity contribution < 1.29 is 18.4 Å². The second-order valence-electron chi connectivity index (χ2n) is 9.04. The van der Waals surface area contributed by atoms with Gasteiger partial charge in [0, 0.05) is 29.8 Å². The van der Waals surface area contributed by atoms with Gasteiger partial charge in [0.25, 0.3) is 5.91 Å². The third-order valence-electron chi connectivity index (χ3n) is 5.47. The third kappa shape index (κ3) is 4.60. The van der Waals surface area contributed by atoms with E-state index >= 15 is 0 Å². The van der Waals surface area contributed by atoms with Gasteiger partial charge in [0.15, 0.2) is 5.58 Å². The van der Waals surface area contributed by atoms with Gasteiger partial charge in [-0.2, -0.15) is 0 Å². The summed E-state index contributed by atoms with van der Waals surface area (Å²) < 4.78 is 18.9. The van der Waals surface area contributed by atoms with Crippen molar-refractivity contribution in [1.29, 1.82) is 0 Å². The van der Waals surface area contributed by atoms with Gasteiger partial charge in [0.2, 0.25) is 11.8 Å². The van der Waals surface area contributed by atoms with Crippen LogP contribution < -0.4 is 5.32 Å². The Labute approximate surface area is 180 Å². The van der Waals surface area contributed by atoms with Crippen molar-refractivity contribution in [2.75, 3.05) is 18.4 Å². The van der Waals surface area contributed by atoms with Crippen LogP contribution in [0.4, 0.5) is 10.1 Å². The number of halogens is 1. The van der Waals surface area contributed by atoms with E-state index in [9.17, 15) is 14.0 Å². The van der Waals surface area contributed by atoms with Crippen molar-refractivity contribution >= 4 is 28.6 Å². The van der Waals surface area contributed by atoms with E-state index < -0.39 is 0 Å². The maximum Gasteiger partial charge on any atom is 0.253 e. The molecule has 0 bridgehead atoms. The highest BCUT2D eigenvalue weighted by atomic mass is 19.1. The molecule has 1 fully saturated rings. The standard InChI is InChI=1S/C24H26FN3O3/c1-24(2,3)23-27-19-13-18(10-11-20(19)31-23)26-21(29)16-5-4-12-28(14-16)22(30)15-6-8-17(25)9-7-15/h6-11,13,16H,4-5,12,14H2,1-3H3,(H,26,29). The summed E-state index contributed by atoms with van der Waals surface area (Å²) >= 11 is 0. The number of rotatable bonds is 3. The van der Waals surface area contributed by atoms with E-state index in [1.165, 1.54) is 24.3 Å². The van der Waals surface area contributed by atoms with E-state index in [0.717, 1.165) is 6.42 Å². The first-order chi connectivity index (χ1) is 14.7. The minimum atomic E-state index is -0.383. The first-order valence-corrected chi connectivity index (χ1v) is 10.5. The molecule has 31 heavy (non-hydrogen) atoms. The van der Waals surface area contributed by atoms with E-state index in [-0.39, 0.29) is 29.0 Å². The number of benzene rings is 2. The lowest BCUT2D eigenvalue weighted by Crippen LogP contribution is -2.43. The Balaban J connectivity index is 1.44. The quantitative estimate of drug-likeness (QED) is 0.659. The van der Waals surface area contributed by atoms with Crippen molar-refractivity contribution in [2.24, 2.45) is 5.92 Å². The summed E-state index contributed by atoms with van der Waals surface area (Å²) in [6.45, 7) is 7.01. The summed E-state index contributed by atoms with van der Waals surface area (Å²) in [7, 11) is 0. The van der Waals surface area contributed by atoms with Crippen LogP contribution in [0, 0.1) is 11.7 Å². The number of aromatic nitrogens is 1. The normalized spacial score (nSPS) is 17.0. The number of fused-ring (bicyclic) bond motifs is 1. The van der Waals surface area contributed by atoms with Gasteiger partial charge in [0.1, 0.15) is 11.3 Å². The number of hydrogen-bond donors (Lipinski definition) is 1. The molecule has 1 aromatic heterocycles. The molecule has 2 heterocycles. The minimum absolute atomic E-state index is 0.129. The molecule has 1 N–H and O–H groups in total. The number of nitrogens with zero attached hydrogens (tertiary/aromatic N) is 2. The lowest BCUT2D eigenvalue weighted by atomic mass is 9.96. The molecular weight excluding hydrogens is 397 g/mol. The van der Waals surface area contributed by atoms with E-state index in [4.69, 9.17) is 4.42 Å². The van der Waals surface area contributed by atoms with Crippen LogP contribution in [0.25, 0.3) is 11.1 Å². The fraction of sp³-hybridized carbons (Fsp3) is 0.375. The van der Waals surface area contributed by atoms with Crippen molar-refractivity contribution in [3.05, 3.63) is 59.7 Å². The van der Waals surface area contributed by atoms with Gasteiger partial charge in [-0.1, -0.05) is 20.8 Å². The number of oxazole rings is 1. The molecule has 1 aliphatic heterocycles. The van der Waals surface area contributed by atoms with Crippen molar-refractivity contribution in [3.63, 3.8) is 0 Å². The van der Waals surface area contributed by atoms with Gasteiger partial charge in [-0.15, -0.1) is 0 Å². The molecule has 0 saturated carbocycles. The number of amides is 2. The number of piperidine rings is 1. The second-order valence-corrected chi connectivity index (χ2v) is 9.04. The number of nitrogens with one attached hydrogen (secondary N) is 1. The highest BCUT2D eigenvalue weighted by molar-refractivity contribution is 5.97. The molecule has 0 aliphatic carbocycles. The minimum Gasteiger partial charge on any atom is -0.440 e. The van der Waals surface area contributed by atoms with Gasteiger partial charge >= 0.3 is 0 Å². The third-order valence-corrected chi connectivity index (χ3v) is 5.47. The van der Waals surface area contributed by atoms with E-state index in [0.29, 0.717) is 47.8 Å². The lowest BCUT2D eigenvalue weighted by molar-refractivity contribution is -0.121. The van der Waals surface area contributed by atoms with Crippen LogP contribution in [0.5, 0.6) is 0 Å². The Morgan fingerprint density at radius 1 is 1.16 bits per heavy atom. The van der Waals surface area contributed by atoms with E-state index in [1.54, 1.807) is 23.1 Å². The van der Waals surface area contributed by atoms with Crippen LogP contribution in [0.2, 0.25) is 0 Å². The van der Waals surface area contributed by atoms with Gasteiger partial charge in [0.05, 0.1) is 5.92 Å². The summed E-state index contributed by atoms with van der Waals surface area (Å²) in [4.78, 5) is 31.8. The zero-order valence-corrected chi connectivity index (χ0v) is 17.9. The second kappa shape index (κ2) is 8.13. The summed E-state index contributed by atoms with van der Waals surface area (Å²) in [6, 6.07) is 10.9. The van der Waals surface area contributed by atoms with Crippen molar-refractivity contribution in [3.8, 4) is 0 Å². The summed E-state index contributed by atoms with van der Waals surface area (Å²) in [5, 5.41) is 2.95. The predicted molar refractivity (Wildman–Crippen MR) is 116 cm³/mol. The molecule has 7 heteroatoms. The first kappa shape index (κ1) is 21.0. The van der Waals surface area contributed by atoms with E-state index in [2.05, 4.69) is 10.3 Å². The average molecular weight is 423 g/mol. The molecule has 1 unspecified atom stereocenters. The maximum absolute atomic E-state index is 13.1. The number of hydrogen-bond acceptors (Lipinski definition) is 4. The largest absolute Gasteiger partial charge is 0.440 e. The monoisotopic (exact) mass is 423 g/mol. The molecular formula is C24H26FN3O3. The highest BCUT2D eigenvalue weighted by Crippen LogP contribution is 2.28. The molecule has 4 rings (SSSR count). The fourth-order valence-corrected chi connectivity index (χ4v) is 3.72. The first-order valence-electron chi connectivity index (χ1n) is 10.5. The molecule has 0 spiro atoms. The number of carbonyl (C=O) groups excluding carboxylic acids is 2. The van der Waals surface area contributed by atoms with Gasteiger partial charge in [-0.05, 0) is 55.3 Å². The maximum atomic E-state index is 13.1. The zero-order valence-electron chi connectivity index (χ0n) is 17.9. The molecule has 1 saturated heterocycles. The number of anilines is 1. The van der Waals surface area contributed by atoms with Crippen LogP contribution in [-0.2, 0) is 10.2 Å². The number of carbonyl (C=O) groups is 2. The number of likely N-dealkylation sites (tertiary alicyclic amines) is 1. The Hall–Kier alpha value is -3.22. The van der Waals surface area contributed by atoms with Gasteiger partial charge < -0.3 is 14.6 Å². The summed E-state index contributed by atoms with van der Waals surface area (Å²) in [6.07, 6.45) is 1.45. The summed E-state index contributed by atoms with van der Waals surface area (Å²) in [5.74, 6) is -0.359. The van der Waals surface area contributed by atoms with Crippen LogP contribution in [0.3, 0.4) is 0 Å². The molecule has 162 valence electrons. The average Bonchev–Trinajstić information content (AvgIpc) is 3.18. The summed E-state index contributed by atoms with van der Waals surface area (Å²) in [5.41, 5.74) is 2.24. The zero-order chi connectivity index (χ0) is 22.2. The Bertz CT molecular complexity index is 1120. The van der Waals surface area contributed by atoms with Crippen molar-refractivity contribution in [2.45, 2.75) is 39.0 Å². The Kier molecular flexibility index (Phi) is 5.52. The molecule has 0 radical (unpaired) electrons.